The predicted octanol–water partition coefficient (Wildman–Crippen LogP) is 3.27. The van der Waals surface area contributed by atoms with E-state index >= 15 is 0 Å². The quantitative estimate of drug-likeness (QED) is 0.435. The number of likely N-dealkylation sites (tertiary alicyclic amines) is 1. The molecule has 0 spiro atoms. The first-order valence-electron chi connectivity index (χ1n) is 11.0. The third-order valence-electron chi connectivity index (χ3n) is 6.29. The molecule has 2 N–H and O–H groups in total. The third-order valence-corrected chi connectivity index (χ3v) is 6.29. The number of esters is 1. The molecule has 1 atom stereocenters. The van der Waals surface area contributed by atoms with Crippen molar-refractivity contribution in [3.05, 3.63) is 76.8 Å². The Hall–Kier alpha value is -4.60. The van der Waals surface area contributed by atoms with Crippen LogP contribution in [0.5, 0.6) is 5.75 Å². The molecule has 1 fully saturated rings. The number of fused-ring (bicyclic) bond motifs is 1. The van der Waals surface area contributed by atoms with E-state index in [1.54, 1.807) is 63.9 Å². The van der Waals surface area contributed by atoms with Gasteiger partial charge in [0.25, 0.3) is 0 Å². The smallest absolute Gasteiger partial charge is 0.407 e. The molecular formula is C25H22N4O6. The number of nitrogens with zero attached hydrogens (tertiary/aromatic N) is 4. The summed E-state index contributed by atoms with van der Waals surface area (Å²) in [5.74, 6) is -0.608. The fraction of sp³-hybridized carbons (Fsp3) is 0.200. The van der Waals surface area contributed by atoms with Gasteiger partial charge in [0.1, 0.15) is 5.75 Å². The number of phenolic OH excluding ortho intramolecular Hbond substituents is 1. The van der Waals surface area contributed by atoms with E-state index in [9.17, 15) is 24.6 Å². The number of aromatic hydroxyl groups is 1. The van der Waals surface area contributed by atoms with Gasteiger partial charge in [-0.1, -0.05) is 12.1 Å². The number of hydrogen-bond acceptors (Lipinski definition) is 6. The van der Waals surface area contributed by atoms with Crippen molar-refractivity contribution < 1.29 is 24.5 Å². The zero-order valence-electron chi connectivity index (χ0n) is 18.8. The average Bonchev–Trinajstić information content (AvgIpc) is 3.46. The number of rotatable bonds is 4. The number of benzene rings is 2. The molecule has 0 bridgehead atoms. The average molecular weight is 474 g/mol. The Balaban J connectivity index is 1.54. The summed E-state index contributed by atoms with van der Waals surface area (Å²) in [4.78, 5) is 42.3. The summed E-state index contributed by atoms with van der Waals surface area (Å²) >= 11 is 0. The Morgan fingerprint density at radius 2 is 1.89 bits per heavy atom. The normalized spacial score (nSPS) is 15.5. The molecule has 1 saturated heterocycles. The van der Waals surface area contributed by atoms with Crippen LogP contribution in [0.4, 0.5) is 4.79 Å². The molecule has 2 aromatic carbocycles. The number of carbonyl (C=O) groups is 2. The number of imidazole rings is 1. The molecular weight excluding hydrogens is 452 g/mol. The van der Waals surface area contributed by atoms with Crippen LogP contribution in [-0.4, -0.2) is 61.5 Å². The van der Waals surface area contributed by atoms with Gasteiger partial charge in [0.05, 0.1) is 29.9 Å². The van der Waals surface area contributed by atoms with E-state index < -0.39 is 12.1 Å². The second-order valence-electron chi connectivity index (χ2n) is 8.28. The Bertz CT molecular complexity index is 1500. The van der Waals surface area contributed by atoms with E-state index in [-0.39, 0.29) is 29.6 Å². The number of phenols is 1. The van der Waals surface area contributed by atoms with E-state index in [0.717, 1.165) is 0 Å². The molecule has 3 heterocycles. The van der Waals surface area contributed by atoms with Crippen LogP contribution in [0.2, 0.25) is 0 Å². The van der Waals surface area contributed by atoms with Gasteiger partial charge < -0.3 is 19.8 Å². The summed E-state index contributed by atoms with van der Waals surface area (Å²) in [7, 11) is 1.27. The maximum absolute atomic E-state index is 13.5. The molecule has 1 amide bonds. The van der Waals surface area contributed by atoms with Crippen LogP contribution in [0.15, 0.2) is 65.6 Å². The van der Waals surface area contributed by atoms with E-state index in [1.807, 2.05) is 0 Å². The van der Waals surface area contributed by atoms with E-state index in [4.69, 9.17) is 0 Å². The molecule has 0 radical (unpaired) electrons. The van der Waals surface area contributed by atoms with Crippen LogP contribution in [0.3, 0.4) is 0 Å². The van der Waals surface area contributed by atoms with Gasteiger partial charge in [-0.2, -0.15) is 0 Å². The number of carboxylic acid groups (broad SMARTS) is 1. The summed E-state index contributed by atoms with van der Waals surface area (Å²) in [5, 5.41) is 19.7. The molecule has 2 aromatic heterocycles. The van der Waals surface area contributed by atoms with Gasteiger partial charge in [-0.3, -0.25) is 9.13 Å². The molecule has 10 nitrogen and oxygen atoms in total. The van der Waals surface area contributed by atoms with Crippen LogP contribution >= 0.6 is 0 Å². The molecule has 1 aliphatic rings. The van der Waals surface area contributed by atoms with E-state index in [0.29, 0.717) is 40.9 Å². The summed E-state index contributed by atoms with van der Waals surface area (Å²) < 4.78 is 7.81. The lowest BCUT2D eigenvalue weighted by molar-refractivity contribution is 0.0600. The SMILES string of the molecule is COC(=O)c1ccc(-c2ccc(-n3c(=O)n([C@H]4CCN(C(=O)O)C4)c4ncccc43)cc2)c(O)c1. The Morgan fingerprint density at radius 3 is 2.54 bits per heavy atom. The molecule has 10 heteroatoms. The molecule has 5 rings (SSSR count). The maximum atomic E-state index is 13.5. The minimum atomic E-state index is -1.00. The van der Waals surface area contributed by atoms with Gasteiger partial charge in [0, 0.05) is 24.8 Å². The number of aromatic nitrogens is 3. The fourth-order valence-electron chi connectivity index (χ4n) is 4.57. The molecule has 4 aromatic rings. The van der Waals surface area contributed by atoms with Gasteiger partial charge >= 0.3 is 17.8 Å². The van der Waals surface area contributed by atoms with Crippen LogP contribution in [0, 0.1) is 0 Å². The summed E-state index contributed by atoms with van der Waals surface area (Å²) in [5.41, 5.74) is 2.89. The lowest BCUT2D eigenvalue weighted by atomic mass is 10.0. The van der Waals surface area contributed by atoms with Crippen LogP contribution < -0.4 is 5.69 Å². The number of carbonyl (C=O) groups excluding carboxylic acids is 1. The fourth-order valence-corrected chi connectivity index (χ4v) is 4.57. The number of hydrogen-bond donors (Lipinski definition) is 2. The highest BCUT2D eigenvalue weighted by atomic mass is 16.5. The van der Waals surface area contributed by atoms with Gasteiger partial charge in [-0.15, -0.1) is 0 Å². The van der Waals surface area contributed by atoms with Gasteiger partial charge in [-0.25, -0.2) is 19.4 Å². The van der Waals surface area contributed by atoms with Crippen molar-refractivity contribution in [3.63, 3.8) is 0 Å². The zero-order valence-corrected chi connectivity index (χ0v) is 18.8. The zero-order chi connectivity index (χ0) is 24.7. The van der Waals surface area contributed by atoms with Crippen molar-refractivity contribution in [1.29, 1.82) is 0 Å². The predicted molar refractivity (Wildman–Crippen MR) is 127 cm³/mol. The van der Waals surface area contributed by atoms with Gasteiger partial charge in [0.2, 0.25) is 0 Å². The lowest BCUT2D eigenvalue weighted by Gasteiger charge is -2.13. The standard InChI is InChI=1S/C25H22N4O6/c1-35-23(31)16-6-9-19(21(30)13-16)15-4-7-17(8-5-15)28-20-3-2-11-26-22(20)29(24(28)32)18-10-12-27(14-18)25(33)34/h2-9,11,13,18,30H,10,12,14H2,1H3,(H,33,34)/t18-/m0/s1. The second-order valence-corrected chi connectivity index (χ2v) is 8.28. The topological polar surface area (TPSA) is 127 Å². The molecule has 35 heavy (non-hydrogen) atoms. The maximum Gasteiger partial charge on any atom is 0.407 e. The Kier molecular flexibility index (Phi) is 5.48. The minimum absolute atomic E-state index is 0.0668. The molecule has 0 aliphatic carbocycles. The highest BCUT2D eigenvalue weighted by Gasteiger charge is 2.31. The molecule has 1 aliphatic heterocycles. The monoisotopic (exact) mass is 474 g/mol. The summed E-state index contributed by atoms with van der Waals surface area (Å²) in [6.45, 7) is 0.587. The Labute approximate surface area is 199 Å². The number of methoxy groups -OCH3 is 1. The molecule has 178 valence electrons. The molecule has 0 saturated carbocycles. The molecule has 0 unspecified atom stereocenters. The third kappa shape index (κ3) is 3.78. The van der Waals surface area contributed by atoms with Crippen molar-refractivity contribution in [1.82, 2.24) is 19.0 Å². The first kappa shape index (κ1) is 22.2. The van der Waals surface area contributed by atoms with Crippen LogP contribution in [0.1, 0.15) is 22.8 Å². The highest BCUT2D eigenvalue weighted by Crippen LogP contribution is 2.31. The van der Waals surface area contributed by atoms with Crippen molar-refractivity contribution in [3.8, 4) is 22.6 Å². The number of amides is 1. The van der Waals surface area contributed by atoms with Gasteiger partial charge in [-0.05, 0) is 54.4 Å². The second kappa shape index (κ2) is 8.64. The highest BCUT2D eigenvalue weighted by molar-refractivity contribution is 5.91. The van der Waals surface area contributed by atoms with Crippen LogP contribution in [-0.2, 0) is 4.74 Å². The Morgan fingerprint density at radius 1 is 1.11 bits per heavy atom. The summed E-state index contributed by atoms with van der Waals surface area (Å²) in [6, 6.07) is 14.9. The van der Waals surface area contributed by atoms with E-state index in [1.165, 1.54) is 18.1 Å². The lowest BCUT2D eigenvalue weighted by Crippen LogP contribution is -2.31. The van der Waals surface area contributed by atoms with Crippen molar-refractivity contribution in [2.45, 2.75) is 12.5 Å². The van der Waals surface area contributed by atoms with Crippen molar-refractivity contribution >= 4 is 23.2 Å². The number of ether oxygens (including phenoxy) is 1. The van der Waals surface area contributed by atoms with Crippen molar-refractivity contribution in [2.24, 2.45) is 0 Å². The first-order chi connectivity index (χ1) is 16.9. The minimum Gasteiger partial charge on any atom is -0.507 e. The largest absolute Gasteiger partial charge is 0.507 e. The van der Waals surface area contributed by atoms with Crippen molar-refractivity contribution in [2.75, 3.05) is 20.2 Å². The summed E-state index contributed by atoms with van der Waals surface area (Å²) in [6.07, 6.45) is 1.13. The van der Waals surface area contributed by atoms with E-state index in [2.05, 4.69) is 9.72 Å². The first-order valence-corrected chi connectivity index (χ1v) is 11.0. The van der Waals surface area contributed by atoms with Gasteiger partial charge in [0.15, 0.2) is 5.65 Å². The number of pyridine rings is 1. The van der Waals surface area contributed by atoms with Crippen LogP contribution in [0.25, 0.3) is 28.0 Å².